The second kappa shape index (κ2) is 8.23. The van der Waals surface area contributed by atoms with Crippen molar-refractivity contribution in [1.29, 1.82) is 0 Å². The van der Waals surface area contributed by atoms with E-state index >= 15 is 0 Å². The van der Waals surface area contributed by atoms with Crippen LogP contribution in [0.2, 0.25) is 0 Å². The molecule has 2 heterocycles. The molecule has 0 spiro atoms. The average Bonchev–Trinajstić information content (AvgIpc) is 2.68. The molecule has 128 valence electrons. The van der Waals surface area contributed by atoms with E-state index in [2.05, 4.69) is 45.3 Å². The molecule has 0 saturated heterocycles. The SMILES string of the molecule is C[C@@H](CNc1ccc(Br)c(-c2ccncc2)n1)[C@@H](N)c1ccccc1. The van der Waals surface area contributed by atoms with Crippen LogP contribution in [0.4, 0.5) is 5.82 Å². The lowest BCUT2D eigenvalue weighted by atomic mass is 9.95. The molecule has 0 unspecified atom stereocenters. The first-order valence-electron chi connectivity index (χ1n) is 8.26. The molecule has 0 fully saturated rings. The van der Waals surface area contributed by atoms with Gasteiger partial charge < -0.3 is 11.1 Å². The van der Waals surface area contributed by atoms with Crippen molar-refractivity contribution in [3.05, 3.63) is 77.0 Å². The monoisotopic (exact) mass is 396 g/mol. The summed E-state index contributed by atoms with van der Waals surface area (Å²) < 4.78 is 0.957. The van der Waals surface area contributed by atoms with Gasteiger partial charge in [-0.3, -0.25) is 4.98 Å². The van der Waals surface area contributed by atoms with Crippen LogP contribution in [0.1, 0.15) is 18.5 Å². The lowest BCUT2D eigenvalue weighted by Crippen LogP contribution is -2.25. The summed E-state index contributed by atoms with van der Waals surface area (Å²) in [4.78, 5) is 8.78. The van der Waals surface area contributed by atoms with E-state index < -0.39 is 0 Å². The van der Waals surface area contributed by atoms with Crippen molar-refractivity contribution in [3.8, 4) is 11.3 Å². The third-order valence-electron chi connectivity index (χ3n) is 4.20. The van der Waals surface area contributed by atoms with Crippen LogP contribution < -0.4 is 11.1 Å². The number of halogens is 1. The lowest BCUT2D eigenvalue weighted by Gasteiger charge is -2.21. The molecule has 0 aliphatic rings. The Morgan fingerprint density at radius 1 is 1.04 bits per heavy atom. The molecule has 0 radical (unpaired) electrons. The van der Waals surface area contributed by atoms with Crippen LogP contribution in [-0.4, -0.2) is 16.5 Å². The molecule has 0 saturated carbocycles. The van der Waals surface area contributed by atoms with E-state index in [4.69, 9.17) is 10.7 Å². The van der Waals surface area contributed by atoms with Gasteiger partial charge in [0.15, 0.2) is 0 Å². The zero-order valence-corrected chi connectivity index (χ0v) is 15.6. The highest BCUT2D eigenvalue weighted by Crippen LogP contribution is 2.27. The number of hydrogen-bond acceptors (Lipinski definition) is 4. The molecule has 0 aliphatic heterocycles. The first kappa shape index (κ1) is 17.6. The Balaban J connectivity index is 1.69. The van der Waals surface area contributed by atoms with E-state index in [0.29, 0.717) is 0 Å². The maximum Gasteiger partial charge on any atom is 0.126 e. The Morgan fingerprint density at radius 3 is 2.48 bits per heavy atom. The van der Waals surface area contributed by atoms with E-state index in [9.17, 15) is 0 Å². The summed E-state index contributed by atoms with van der Waals surface area (Å²) in [6.45, 7) is 2.90. The third-order valence-corrected chi connectivity index (χ3v) is 4.84. The van der Waals surface area contributed by atoms with Crippen LogP contribution in [0.15, 0.2) is 71.5 Å². The third kappa shape index (κ3) is 4.44. The molecule has 2 atom stereocenters. The van der Waals surface area contributed by atoms with Crippen LogP contribution in [0.3, 0.4) is 0 Å². The number of pyridine rings is 2. The number of aromatic nitrogens is 2. The smallest absolute Gasteiger partial charge is 0.126 e. The van der Waals surface area contributed by atoms with Crippen LogP contribution in [0.5, 0.6) is 0 Å². The minimum Gasteiger partial charge on any atom is -0.370 e. The molecule has 0 bridgehead atoms. The number of hydrogen-bond donors (Lipinski definition) is 2. The van der Waals surface area contributed by atoms with Crippen LogP contribution in [0.25, 0.3) is 11.3 Å². The minimum absolute atomic E-state index is 0.0104. The molecular weight excluding hydrogens is 376 g/mol. The van der Waals surface area contributed by atoms with Gasteiger partial charge in [0.2, 0.25) is 0 Å². The number of nitrogens with two attached hydrogens (primary N) is 1. The van der Waals surface area contributed by atoms with Crippen LogP contribution in [0, 0.1) is 5.92 Å². The molecule has 1 aromatic carbocycles. The Kier molecular flexibility index (Phi) is 5.79. The van der Waals surface area contributed by atoms with Crippen LogP contribution in [-0.2, 0) is 0 Å². The molecule has 25 heavy (non-hydrogen) atoms. The van der Waals surface area contributed by atoms with Crippen molar-refractivity contribution in [3.63, 3.8) is 0 Å². The highest BCUT2D eigenvalue weighted by Gasteiger charge is 2.15. The summed E-state index contributed by atoms with van der Waals surface area (Å²) in [5, 5.41) is 3.40. The largest absolute Gasteiger partial charge is 0.370 e. The minimum atomic E-state index is -0.0104. The Bertz CT molecular complexity index is 808. The molecule has 2 aromatic heterocycles. The predicted molar refractivity (Wildman–Crippen MR) is 106 cm³/mol. The zero-order valence-electron chi connectivity index (χ0n) is 14.1. The van der Waals surface area contributed by atoms with Gasteiger partial charge in [0, 0.05) is 35.0 Å². The Morgan fingerprint density at radius 2 is 1.76 bits per heavy atom. The second-order valence-electron chi connectivity index (χ2n) is 6.06. The quantitative estimate of drug-likeness (QED) is 0.635. The van der Waals surface area contributed by atoms with E-state index in [1.165, 1.54) is 0 Å². The van der Waals surface area contributed by atoms with E-state index in [1.54, 1.807) is 12.4 Å². The van der Waals surface area contributed by atoms with Gasteiger partial charge in [0.05, 0.1) is 5.69 Å². The first-order chi connectivity index (χ1) is 12.1. The maximum absolute atomic E-state index is 6.37. The molecule has 3 rings (SSSR count). The number of anilines is 1. The number of nitrogens with one attached hydrogen (secondary N) is 1. The number of benzene rings is 1. The second-order valence-corrected chi connectivity index (χ2v) is 6.91. The van der Waals surface area contributed by atoms with Crippen molar-refractivity contribution < 1.29 is 0 Å². The highest BCUT2D eigenvalue weighted by atomic mass is 79.9. The lowest BCUT2D eigenvalue weighted by molar-refractivity contribution is 0.493. The van der Waals surface area contributed by atoms with Crippen molar-refractivity contribution in [2.24, 2.45) is 11.7 Å². The average molecular weight is 397 g/mol. The Labute approximate surface area is 156 Å². The predicted octanol–water partition coefficient (Wildman–Crippen LogP) is 4.65. The van der Waals surface area contributed by atoms with Gasteiger partial charge in [-0.05, 0) is 51.7 Å². The molecule has 0 amide bonds. The summed E-state index contributed by atoms with van der Waals surface area (Å²) in [6.07, 6.45) is 3.54. The number of rotatable bonds is 6. The van der Waals surface area contributed by atoms with Gasteiger partial charge in [-0.2, -0.15) is 0 Å². The van der Waals surface area contributed by atoms with Crippen LogP contribution >= 0.6 is 15.9 Å². The molecule has 4 nitrogen and oxygen atoms in total. The van der Waals surface area contributed by atoms with Gasteiger partial charge in [-0.15, -0.1) is 0 Å². The van der Waals surface area contributed by atoms with E-state index in [1.807, 2.05) is 42.5 Å². The molecular formula is C20H21BrN4. The summed E-state index contributed by atoms with van der Waals surface area (Å²) in [5.41, 5.74) is 9.45. The van der Waals surface area contributed by atoms with Crippen molar-refractivity contribution in [2.75, 3.05) is 11.9 Å². The highest BCUT2D eigenvalue weighted by molar-refractivity contribution is 9.10. The molecule has 3 aromatic rings. The van der Waals surface area contributed by atoms with Gasteiger partial charge in [0.25, 0.3) is 0 Å². The van der Waals surface area contributed by atoms with Crippen molar-refractivity contribution in [1.82, 2.24) is 9.97 Å². The number of nitrogens with zero attached hydrogens (tertiary/aromatic N) is 2. The summed E-state index contributed by atoms with van der Waals surface area (Å²) in [6, 6.07) is 18.0. The van der Waals surface area contributed by atoms with Gasteiger partial charge in [-0.1, -0.05) is 37.3 Å². The van der Waals surface area contributed by atoms with Crippen molar-refractivity contribution >= 4 is 21.7 Å². The fraction of sp³-hybridized carbons (Fsp3) is 0.200. The topological polar surface area (TPSA) is 63.8 Å². The normalized spacial score (nSPS) is 13.2. The maximum atomic E-state index is 6.37. The molecule has 0 aliphatic carbocycles. The summed E-state index contributed by atoms with van der Waals surface area (Å²) in [5.74, 6) is 1.11. The van der Waals surface area contributed by atoms with Gasteiger partial charge in [-0.25, -0.2) is 4.98 Å². The van der Waals surface area contributed by atoms with Gasteiger partial charge in [0.1, 0.15) is 5.82 Å². The molecule has 5 heteroatoms. The summed E-state index contributed by atoms with van der Waals surface area (Å²) in [7, 11) is 0. The first-order valence-corrected chi connectivity index (χ1v) is 9.06. The van der Waals surface area contributed by atoms with E-state index in [0.717, 1.165) is 33.7 Å². The fourth-order valence-corrected chi connectivity index (χ4v) is 3.10. The zero-order chi connectivity index (χ0) is 17.6. The molecule has 3 N–H and O–H groups in total. The van der Waals surface area contributed by atoms with Crippen molar-refractivity contribution in [2.45, 2.75) is 13.0 Å². The summed E-state index contributed by atoms with van der Waals surface area (Å²) >= 11 is 3.57. The fourth-order valence-electron chi connectivity index (χ4n) is 2.65. The standard InChI is InChI=1S/C20H21BrN4/c1-14(19(22)15-5-3-2-4-6-15)13-24-18-8-7-17(21)20(25-18)16-9-11-23-12-10-16/h2-12,14,19H,13,22H2,1H3,(H,24,25)/t14-,19+/m0/s1. The van der Waals surface area contributed by atoms with Gasteiger partial charge >= 0.3 is 0 Å². The van der Waals surface area contributed by atoms with E-state index in [-0.39, 0.29) is 12.0 Å². The Hall–Kier alpha value is -2.24.